The topological polar surface area (TPSA) is 46.5 Å². The summed E-state index contributed by atoms with van der Waals surface area (Å²) < 4.78 is 4.58. The lowest BCUT2D eigenvalue weighted by Crippen LogP contribution is -2.20. The largest absolute Gasteiger partial charge is 0.494 e. The predicted molar refractivity (Wildman–Crippen MR) is 40.8 cm³/mol. The van der Waals surface area contributed by atoms with Crippen molar-refractivity contribution in [2.24, 2.45) is 0 Å². The molecule has 1 unspecified atom stereocenters. The van der Waals surface area contributed by atoms with Gasteiger partial charge in [-0.05, 0) is 6.04 Å². The summed E-state index contributed by atoms with van der Waals surface area (Å²) in [7, 11) is -2.20. The van der Waals surface area contributed by atoms with Crippen LogP contribution in [-0.4, -0.2) is 20.0 Å². The maximum absolute atomic E-state index is 10.4. The van der Waals surface area contributed by atoms with E-state index in [9.17, 15) is 4.79 Å². The standard InChI is InChI=1S/C6H12O3Si/c1-3-5-10(8)9-6(7)4-2/h4,8,10H,2-3,5H2,1H3. The summed E-state index contributed by atoms with van der Waals surface area (Å²) in [5.41, 5.74) is 0. The molecule has 0 aliphatic rings. The molecule has 4 heteroatoms. The molecule has 0 aliphatic carbocycles. The van der Waals surface area contributed by atoms with Gasteiger partial charge in [0.2, 0.25) is 0 Å². The van der Waals surface area contributed by atoms with Gasteiger partial charge in [-0.2, -0.15) is 0 Å². The number of hydrogen-bond acceptors (Lipinski definition) is 3. The summed E-state index contributed by atoms with van der Waals surface area (Å²) in [4.78, 5) is 19.4. The van der Waals surface area contributed by atoms with Crippen LogP contribution in [-0.2, 0) is 9.22 Å². The maximum Gasteiger partial charge on any atom is 0.383 e. The van der Waals surface area contributed by atoms with Crippen molar-refractivity contribution in [2.75, 3.05) is 0 Å². The van der Waals surface area contributed by atoms with E-state index in [4.69, 9.17) is 4.80 Å². The summed E-state index contributed by atoms with van der Waals surface area (Å²) in [5, 5.41) is 0. The van der Waals surface area contributed by atoms with E-state index in [0.717, 1.165) is 12.5 Å². The third kappa shape index (κ3) is 4.28. The lowest BCUT2D eigenvalue weighted by atomic mass is 10.6. The van der Waals surface area contributed by atoms with Crippen molar-refractivity contribution in [1.29, 1.82) is 0 Å². The van der Waals surface area contributed by atoms with Crippen LogP contribution < -0.4 is 0 Å². The van der Waals surface area contributed by atoms with Crippen LogP contribution in [0.15, 0.2) is 12.7 Å². The molecule has 0 bridgehead atoms. The van der Waals surface area contributed by atoms with Gasteiger partial charge in [0.25, 0.3) is 0 Å². The number of rotatable bonds is 4. The van der Waals surface area contributed by atoms with Gasteiger partial charge in [0, 0.05) is 6.08 Å². The number of hydrogen-bond donors (Lipinski definition) is 1. The van der Waals surface area contributed by atoms with E-state index >= 15 is 0 Å². The first kappa shape index (κ1) is 9.39. The van der Waals surface area contributed by atoms with Gasteiger partial charge >= 0.3 is 15.3 Å². The Morgan fingerprint density at radius 2 is 2.50 bits per heavy atom. The molecule has 0 aliphatic heterocycles. The van der Waals surface area contributed by atoms with E-state index in [-0.39, 0.29) is 0 Å². The van der Waals surface area contributed by atoms with Gasteiger partial charge in [0.15, 0.2) is 0 Å². The van der Waals surface area contributed by atoms with Crippen molar-refractivity contribution in [3.05, 3.63) is 12.7 Å². The zero-order chi connectivity index (χ0) is 7.98. The molecule has 0 aromatic heterocycles. The second kappa shape index (κ2) is 5.19. The SMILES string of the molecule is C=CC(=O)O[SiH](O)CCC. The molecule has 0 aromatic carbocycles. The van der Waals surface area contributed by atoms with E-state index in [1.54, 1.807) is 0 Å². The van der Waals surface area contributed by atoms with E-state index < -0.39 is 15.3 Å². The normalized spacial score (nSPS) is 12.2. The molecular weight excluding hydrogens is 148 g/mol. The minimum atomic E-state index is -2.20. The Morgan fingerprint density at radius 1 is 1.90 bits per heavy atom. The van der Waals surface area contributed by atoms with E-state index in [1.165, 1.54) is 0 Å². The average Bonchev–Trinajstić information content (AvgIpc) is 1.88. The molecule has 0 spiro atoms. The summed E-state index contributed by atoms with van der Waals surface area (Å²) in [6.07, 6.45) is 1.91. The lowest BCUT2D eigenvalue weighted by Gasteiger charge is -2.05. The molecule has 0 saturated carbocycles. The third-order valence-electron chi connectivity index (χ3n) is 0.954. The van der Waals surface area contributed by atoms with E-state index in [1.807, 2.05) is 6.92 Å². The highest BCUT2D eigenvalue weighted by molar-refractivity contribution is 6.45. The summed E-state index contributed by atoms with van der Waals surface area (Å²) in [5.74, 6) is -0.521. The van der Waals surface area contributed by atoms with Gasteiger partial charge in [-0.15, -0.1) is 0 Å². The second-order valence-corrected chi connectivity index (χ2v) is 3.61. The smallest absolute Gasteiger partial charge is 0.383 e. The molecular formula is C6H12O3Si. The van der Waals surface area contributed by atoms with E-state index in [2.05, 4.69) is 11.0 Å². The van der Waals surface area contributed by atoms with E-state index in [0.29, 0.717) is 6.04 Å². The van der Waals surface area contributed by atoms with Gasteiger partial charge in [-0.1, -0.05) is 19.9 Å². The van der Waals surface area contributed by atoms with Crippen LogP contribution in [0.25, 0.3) is 0 Å². The quantitative estimate of drug-likeness (QED) is 0.476. The molecule has 0 aromatic rings. The first-order valence-corrected chi connectivity index (χ1v) is 5.02. The second-order valence-electron chi connectivity index (χ2n) is 1.88. The fourth-order valence-electron chi connectivity index (χ4n) is 0.488. The molecule has 0 rings (SSSR count). The molecule has 1 atom stereocenters. The molecule has 0 fully saturated rings. The first-order valence-electron chi connectivity index (χ1n) is 3.21. The third-order valence-corrected chi connectivity index (χ3v) is 2.53. The Bertz CT molecular complexity index is 124. The van der Waals surface area contributed by atoms with Crippen molar-refractivity contribution in [1.82, 2.24) is 0 Å². The monoisotopic (exact) mass is 160 g/mol. The maximum atomic E-state index is 10.4. The van der Waals surface area contributed by atoms with Gasteiger partial charge in [-0.25, -0.2) is 4.79 Å². The van der Waals surface area contributed by atoms with Gasteiger partial charge < -0.3 is 9.22 Å². The minimum absolute atomic E-state index is 0.521. The Hall–Kier alpha value is -0.613. The minimum Gasteiger partial charge on any atom is -0.494 e. The molecule has 0 amide bonds. The zero-order valence-corrected chi connectivity index (χ0v) is 7.19. The van der Waals surface area contributed by atoms with Gasteiger partial charge in [-0.3, -0.25) is 0 Å². The zero-order valence-electron chi connectivity index (χ0n) is 6.04. The number of carbonyl (C=O) groups is 1. The Morgan fingerprint density at radius 3 is 2.90 bits per heavy atom. The molecule has 1 N–H and O–H groups in total. The summed E-state index contributed by atoms with van der Waals surface area (Å²) in [6, 6.07) is 0.611. The Kier molecular flexibility index (Phi) is 4.88. The fraction of sp³-hybridized carbons (Fsp3) is 0.500. The molecule has 0 saturated heterocycles. The van der Waals surface area contributed by atoms with Crippen LogP contribution in [0.3, 0.4) is 0 Å². The molecule has 10 heavy (non-hydrogen) atoms. The predicted octanol–water partition coefficient (Wildman–Crippen LogP) is 0.338. The van der Waals surface area contributed by atoms with Gasteiger partial charge in [0.1, 0.15) is 0 Å². The molecule has 58 valence electrons. The summed E-state index contributed by atoms with van der Waals surface area (Å²) in [6.45, 7) is 5.14. The van der Waals surface area contributed by atoms with Crippen LogP contribution >= 0.6 is 0 Å². The van der Waals surface area contributed by atoms with Crippen molar-refractivity contribution in [3.8, 4) is 0 Å². The molecule has 0 heterocycles. The van der Waals surface area contributed by atoms with Crippen LogP contribution in [0, 0.1) is 0 Å². The number of carbonyl (C=O) groups excluding carboxylic acids is 1. The van der Waals surface area contributed by atoms with Crippen molar-refractivity contribution in [2.45, 2.75) is 19.4 Å². The highest BCUT2D eigenvalue weighted by Crippen LogP contribution is 1.95. The van der Waals surface area contributed by atoms with Crippen LogP contribution in [0.5, 0.6) is 0 Å². The van der Waals surface area contributed by atoms with Crippen LogP contribution in [0.2, 0.25) is 6.04 Å². The highest BCUT2D eigenvalue weighted by atomic mass is 28.3. The van der Waals surface area contributed by atoms with Crippen molar-refractivity contribution in [3.63, 3.8) is 0 Å². The first-order chi connectivity index (χ1) is 4.70. The lowest BCUT2D eigenvalue weighted by molar-refractivity contribution is -0.130. The highest BCUT2D eigenvalue weighted by Gasteiger charge is 2.09. The summed E-state index contributed by atoms with van der Waals surface area (Å²) >= 11 is 0. The van der Waals surface area contributed by atoms with Crippen molar-refractivity contribution < 1.29 is 14.0 Å². The Balaban J connectivity index is 3.46. The van der Waals surface area contributed by atoms with Crippen LogP contribution in [0.4, 0.5) is 0 Å². The van der Waals surface area contributed by atoms with Gasteiger partial charge in [0.05, 0.1) is 0 Å². The van der Waals surface area contributed by atoms with Crippen LogP contribution in [0.1, 0.15) is 13.3 Å². The Labute approximate surface area is 62.2 Å². The molecule has 0 radical (unpaired) electrons. The average molecular weight is 160 g/mol. The van der Waals surface area contributed by atoms with Crippen molar-refractivity contribution >= 4 is 15.3 Å². The fourth-order valence-corrected chi connectivity index (χ4v) is 1.46. The molecule has 3 nitrogen and oxygen atoms in total.